The first-order chi connectivity index (χ1) is 12.9. The fourth-order valence-corrected chi connectivity index (χ4v) is 2.37. The molecule has 2 aromatic rings. The van der Waals surface area contributed by atoms with Crippen LogP contribution in [0, 0.1) is 0 Å². The molecule has 0 aliphatic rings. The average molecular weight is 387 g/mol. The van der Waals surface area contributed by atoms with Crippen LogP contribution in [0.15, 0.2) is 42.9 Å². The van der Waals surface area contributed by atoms with Gasteiger partial charge in [0.05, 0.1) is 12.2 Å². The van der Waals surface area contributed by atoms with Crippen LogP contribution in [0.25, 0.3) is 0 Å². The molecule has 0 saturated carbocycles. The highest BCUT2D eigenvalue weighted by molar-refractivity contribution is 5.71. The average Bonchev–Trinajstić information content (AvgIpc) is 3.01. The van der Waals surface area contributed by atoms with Gasteiger partial charge in [-0.3, -0.25) is 4.90 Å². The number of amides is 1. The number of aromatic nitrogens is 2. The number of nitrogens with zero attached hydrogens (tertiary/aromatic N) is 3. The Morgan fingerprint density at radius 2 is 1.57 bits per heavy atom. The predicted octanol–water partition coefficient (Wildman–Crippen LogP) is 4.60. The summed E-state index contributed by atoms with van der Waals surface area (Å²) in [5.41, 5.74) is 0.326. The van der Waals surface area contributed by atoms with E-state index in [1.807, 2.05) is 51.1 Å². The molecule has 0 radical (unpaired) electrons. The van der Waals surface area contributed by atoms with Gasteiger partial charge in [-0.2, -0.15) is 0 Å². The van der Waals surface area contributed by atoms with Crippen LogP contribution >= 0.6 is 0 Å². The molecule has 1 aromatic carbocycles. The summed E-state index contributed by atoms with van der Waals surface area (Å²) in [6, 6.07) is 9.64. The minimum absolute atomic E-state index is 0.208. The van der Waals surface area contributed by atoms with E-state index in [2.05, 4.69) is 4.98 Å². The van der Waals surface area contributed by atoms with Gasteiger partial charge in [0.2, 0.25) is 0 Å². The van der Waals surface area contributed by atoms with E-state index in [1.165, 1.54) is 10.9 Å². The van der Waals surface area contributed by atoms with Crippen molar-refractivity contribution in [1.82, 2.24) is 14.5 Å². The van der Waals surface area contributed by atoms with Crippen LogP contribution in [0.4, 0.5) is 9.59 Å². The Morgan fingerprint density at radius 1 is 0.964 bits per heavy atom. The Hall–Kier alpha value is -2.83. The van der Waals surface area contributed by atoms with Gasteiger partial charge in [-0.25, -0.2) is 19.1 Å². The molecule has 0 bridgehead atoms. The third kappa shape index (κ3) is 7.06. The third-order valence-electron chi connectivity index (χ3n) is 3.46. The molecule has 0 saturated heterocycles. The predicted molar refractivity (Wildman–Crippen MR) is 106 cm³/mol. The highest BCUT2D eigenvalue weighted by atomic mass is 16.6. The van der Waals surface area contributed by atoms with Crippen LogP contribution in [-0.4, -0.2) is 37.8 Å². The molecule has 0 unspecified atom stereocenters. The maximum Gasteiger partial charge on any atom is 0.419 e. The molecule has 28 heavy (non-hydrogen) atoms. The smallest absolute Gasteiger partial charge is 0.419 e. The number of rotatable bonds is 4. The van der Waals surface area contributed by atoms with Gasteiger partial charge in [-0.1, -0.05) is 30.3 Å². The standard InChI is InChI=1S/C21H29N3O4/c1-20(2,3)27-18(25)23(12-16-10-8-7-9-11-16)13-17-14-24(15-22-17)19(26)28-21(4,5)6/h7-11,14-15H,12-13H2,1-6H3. The second-order valence-electron chi connectivity index (χ2n) is 8.57. The first-order valence-electron chi connectivity index (χ1n) is 9.21. The van der Waals surface area contributed by atoms with Crippen molar-refractivity contribution in [3.8, 4) is 0 Å². The third-order valence-corrected chi connectivity index (χ3v) is 3.46. The minimum Gasteiger partial charge on any atom is -0.444 e. The lowest BCUT2D eigenvalue weighted by atomic mass is 10.2. The molecule has 152 valence electrons. The first kappa shape index (κ1) is 21.5. The number of ether oxygens (including phenoxy) is 2. The van der Waals surface area contributed by atoms with Crippen molar-refractivity contribution < 1.29 is 19.1 Å². The van der Waals surface area contributed by atoms with Crippen LogP contribution in [0.2, 0.25) is 0 Å². The van der Waals surface area contributed by atoms with Crippen molar-refractivity contribution in [1.29, 1.82) is 0 Å². The fraction of sp³-hybridized carbons (Fsp3) is 0.476. The van der Waals surface area contributed by atoms with E-state index in [4.69, 9.17) is 9.47 Å². The number of hydrogen-bond acceptors (Lipinski definition) is 5. The maximum absolute atomic E-state index is 12.7. The fourth-order valence-electron chi connectivity index (χ4n) is 2.37. The summed E-state index contributed by atoms with van der Waals surface area (Å²) in [7, 11) is 0. The van der Waals surface area contributed by atoms with Crippen LogP contribution < -0.4 is 0 Å². The van der Waals surface area contributed by atoms with Crippen molar-refractivity contribution in [2.75, 3.05) is 0 Å². The molecule has 7 nitrogen and oxygen atoms in total. The van der Waals surface area contributed by atoms with E-state index in [1.54, 1.807) is 31.9 Å². The van der Waals surface area contributed by atoms with Crippen molar-refractivity contribution in [3.05, 3.63) is 54.1 Å². The lowest BCUT2D eigenvalue weighted by Crippen LogP contribution is -2.36. The Kier molecular flexibility index (Phi) is 6.48. The summed E-state index contributed by atoms with van der Waals surface area (Å²) in [4.78, 5) is 30.6. The van der Waals surface area contributed by atoms with E-state index >= 15 is 0 Å². The van der Waals surface area contributed by atoms with Gasteiger partial charge < -0.3 is 9.47 Å². The first-order valence-corrected chi connectivity index (χ1v) is 9.21. The highest BCUT2D eigenvalue weighted by Gasteiger charge is 2.24. The van der Waals surface area contributed by atoms with Gasteiger partial charge in [0.15, 0.2) is 0 Å². The summed E-state index contributed by atoms with van der Waals surface area (Å²) in [6.07, 6.45) is 2.00. The summed E-state index contributed by atoms with van der Waals surface area (Å²) in [5.74, 6) is 0. The molecule has 1 aromatic heterocycles. The second-order valence-corrected chi connectivity index (χ2v) is 8.57. The molecular weight excluding hydrogens is 358 g/mol. The van der Waals surface area contributed by atoms with Gasteiger partial charge in [-0.15, -0.1) is 0 Å². The lowest BCUT2D eigenvalue weighted by molar-refractivity contribution is 0.0214. The number of carbonyl (C=O) groups excluding carboxylic acids is 2. The van der Waals surface area contributed by atoms with Gasteiger partial charge in [0, 0.05) is 12.7 Å². The topological polar surface area (TPSA) is 73.7 Å². The lowest BCUT2D eigenvalue weighted by Gasteiger charge is -2.27. The van der Waals surface area contributed by atoms with Crippen molar-refractivity contribution >= 4 is 12.2 Å². The number of imidazole rings is 1. The van der Waals surface area contributed by atoms with E-state index < -0.39 is 23.4 Å². The second kappa shape index (κ2) is 8.46. The monoisotopic (exact) mass is 387 g/mol. The molecule has 7 heteroatoms. The maximum atomic E-state index is 12.7. The molecule has 1 heterocycles. The molecule has 0 atom stereocenters. The van der Waals surface area contributed by atoms with Crippen LogP contribution in [-0.2, 0) is 22.6 Å². The molecule has 2 rings (SSSR count). The SMILES string of the molecule is CC(C)(C)OC(=O)N(Cc1ccccc1)Cc1cn(C(=O)OC(C)(C)C)cn1. The quantitative estimate of drug-likeness (QED) is 0.766. The van der Waals surface area contributed by atoms with Crippen LogP contribution in [0.5, 0.6) is 0 Å². The zero-order valence-electron chi connectivity index (χ0n) is 17.4. The van der Waals surface area contributed by atoms with E-state index in [-0.39, 0.29) is 6.54 Å². The van der Waals surface area contributed by atoms with Gasteiger partial charge >= 0.3 is 12.2 Å². The minimum atomic E-state index is -0.609. The van der Waals surface area contributed by atoms with Crippen LogP contribution in [0.3, 0.4) is 0 Å². The summed E-state index contributed by atoms with van der Waals surface area (Å²) in [5, 5.41) is 0. The molecule has 0 N–H and O–H groups in total. The number of carbonyl (C=O) groups is 2. The number of hydrogen-bond donors (Lipinski definition) is 0. The zero-order chi connectivity index (χ0) is 20.9. The summed E-state index contributed by atoms with van der Waals surface area (Å²) in [6.45, 7) is 11.4. The Balaban J connectivity index is 2.15. The molecule has 0 spiro atoms. The molecular formula is C21H29N3O4. The Bertz CT molecular complexity index is 801. The van der Waals surface area contributed by atoms with Crippen molar-refractivity contribution in [2.24, 2.45) is 0 Å². The Labute approximate surface area is 166 Å². The normalized spacial score (nSPS) is 11.8. The molecule has 0 aliphatic carbocycles. The van der Waals surface area contributed by atoms with E-state index in [9.17, 15) is 9.59 Å². The van der Waals surface area contributed by atoms with Gasteiger partial charge in [-0.05, 0) is 47.1 Å². The van der Waals surface area contributed by atoms with E-state index in [0.717, 1.165) is 5.56 Å². The van der Waals surface area contributed by atoms with Crippen molar-refractivity contribution in [2.45, 2.75) is 65.8 Å². The highest BCUT2D eigenvalue weighted by Crippen LogP contribution is 2.16. The van der Waals surface area contributed by atoms with Crippen LogP contribution in [0.1, 0.15) is 52.8 Å². The van der Waals surface area contributed by atoms with E-state index in [0.29, 0.717) is 12.2 Å². The Morgan fingerprint density at radius 3 is 2.14 bits per heavy atom. The summed E-state index contributed by atoms with van der Waals surface area (Å²) < 4.78 is 12.1. The van der Waals surface area contributed by atoms with Gasteiger partial charge in [0.25, 0.3) is 0 Å². The molecule has 0 aliphatic heterocycles. The van der Waals surface area contributed by atoms with Crippen molar-refractivity contribution in [3.63, 3.8) is 0 Å². The molecule has 1 amide bonds. The molecule has 0 fully saturated rings. The largest absolute Gasteiger partial charge is 0.444 e. The summed E-state index contributed by atoms with van der Waals surface area (Å²) >= 11 is 0. The number of benzene rings is 1. The zero-order valence-corrected chi connectivity index (χ0v) is 17.4. The van der Waals surface area contributed by atoms with Gasteiger partial charge in [0.1, 0.15) is 17.5 Å².